The number of rotatable bonds is 8. The molecule has 0 amide bonds. The van der Waals surface area contributed by atoms with Gasteiger partial charge in [-0.1, -0.05) is 18.5 Å². The first-order valence-corrected chi connectivity index (χ1v) is 7.96. The number of hydrogen-bond acceptors (Lipinski definition) is 4. The number of esters is 1. The van der Waals surface area contributed by atoms with Gasteiger partial charge in [-0.3, -0.25) is 0 Å². The van der Waals surface area contributed by atoms with Crippen molar-refractivity contribution in [3.05, 3.63) is 10.8 Å². The predicted molar refractivity (Wildman–Crippen MR) is 79.9 cm³/mol. The van der Waals surface area contributed by atoms with Gasteiger partial charge >= 0.3 is 12.4 Å². The van der Waals surface area contributed by atoms with Crippen molar-refractivity contribution in [3.63, 3.8) is 0 Å². The van der Waals surface area contributed by atoms with Gasteiger partial charge in [-0.05, 0) is 41.0 Å². The van der Waals surface area contributed by atoms with Crippen molar-refractivity contribution >= 4 is 16.2 Å². The van der Waals surface area contributed by atoms with Crippen LogP contribution in [0.5, 0.6) is 0 Å². The Morgan fingerprint density at radius 3 is 1.95 bits per heavy atom. The van der Waals surface area contributed by atoms with Gasteiger partial charge in [0, 0.05) is 15.8 Å². The van der Waals surface area contributed by atoms with Gasteiger partial charge in [-0.25, -0.2) is 4.79 Å². The highest BCUT2D eigenvalue weighted by molar-refractivity contribution is 6.24. The molecule has 0 radical (unpaired) electrons. The third-order valence-electron chi connectivity index (χ3n) is 2.54. The Labute approximate surface area is 119 Å². The van der Waals surface area contributed by atoms with Crippen LogP contribution < -0.4 is 0 Å². The van der Waals surface area contributed by atoms with Crippen molar-refractivity contribution in [2.75, 3.05) is 0 Å². The molecule has 0 bridgehead atoms. The first-order valence-electron chi connectivity index (χ1n) is 6.96. The highest BCUT2D eigenvalue weighted by atomic mass is 28.1. The molecule has 0 saturated heterocycles. The van der Waals surface area contributed by atoms with Crippen LogP contribution in [0, 0.1) is 0 Å². The maximum Gasteiger partial charge on any atom is 0.337 e. The summed E-state index contributed by atoms with van der Waals surface area (Å²) >= 11 is 0. The summed E-state index contributed by atoms with van der Waals surface area (Å²) in [5.41, 5.74) is 0.693. The quantitative estimate of drug-likeness (QED) is 0.297. The number of carbonyl (C=O) groups is 1. The molecule has 112 valence electrons. The molecule has 0 atom stereocenters. The van der Waals surface area contributed by atoms with E-state index in [9.17, 15) is 4.79 Å². The van der Waals surface area contributed by atoms with E-state index in [1.807, 2.05) is 34.6 Å². The van der Waals surface area contributed by atoms with Crippen LogP contribution in [0.15, 0.2) is 10.8 Å². The number of ether oxygens (including phenoxy) is 3. The monoisotopic (exact) mass is 288 g/mol. The molecule has 0 aliphatic carbocycles. The molecule has 0 N–H and O–H groups in total. The SMILES string of the molecule is CCCC([SiH3])=C(C)C(=O)OC(OC(C)C)OC(C)C. The average molecular weight is 288 g/mol. The van der Waals surface area contributed by atoms with Crippen molar-refractivity contribution in [2.24, 2.45) is 0 Å². The van der Waals surface area contributed by atoms with Gasteiger partial charge in [0.2, 0.25) is 0 Å². The Kier molecular flexibility index (Phi) is 8.96. The largest absolute Gasteiger partial charge is 0.407 e. The minimum Gasteiger partial charge on any atom is -0.407 e. The molecule has 0 saturated carbocycles. The molecule has 5 heteroatoms. The molecule has 0 aromatic heterocycles. The molecule has 4 nitrogen and oxygen atoms in total. The zero-order valence-electron chi connectivity index (χ0n) is 13.3. The molecule has 0 heterocycles. The maximum atomic E-state index is 12.0. The molecule has 0 aromatic carbocycles. The lowest BCUT2D eigenvalue weighted by Crippen LogP contribution is -2.30. The fraction of sp³-hybridized carbons (Fsp3) is 0.786. The summed E-state index contributed by atoms with van der Waals surface area (Å²) in [4.78, 5) is 12.0. The Balaban J connectivity index is 4.65. The van der Waals surface area contributed by atoms with E-state index in [0.717, 1.165) is 23.1 Å². The Morgan fingerprint density at radius 1 is 1.11 bits per heavy atom. The molecule has 0 spiro atoms. The average Bonchev–Trinajstić information content (AvgIpc) is 2.26. The predicted octanol–water partition coefficient (Wildman–Crippen LogP) is 2.10. The molecule has 0 aromatic rings. The third-order valence-corrected chi connectivity index (χ3v) is 3.79. The highest BCUT2D eigenvalue weighted by Crippen LogP contribution is 2.13. The standard InChI is InChI=1S/C14H28O4Si/c1-7-8-12(19)11(6)13(15)18-14(16-9(2)3)17-10(4)5/h9-10,14H,7-8H2,1-6,19H3. The van der Waals surface area contributed by atoms with E-state index < -0.39 is 6.48 Å². The maximum absolute atomic E-state index is 12.0. The summed E-state index contributed by atoms with van der Waals surface area (Å²) in [6.45, 7) is 10.5. The van der Waals surface area contributed by atoms with Crippen LogP contribution in [0.1, 0.15) is 54.4 Å². The minimum absolute atomic E-state index is 0.0630. The lowest BCUT2D eigenvalue weighted by Gasteiger charge is -2.22. The molecule has 0 aliphatic heterocycles. The molecule has 0 rings (SSSR count). The van der Waals surface area contributed by atoms with Crippen molar-refractivity contribution < 1.29 is 19.0 Å². The van der Waals surface area contributed by atoms with E-state index in [1.54, 1.807) is 0 Å². The molecule has 0 fully saturated rings. The van der Waals surface area contributed by atoms with E-state index in [2.05, 4.69) is 6.92 Å². The summed E-state index contributed by atoms with van der Waals surface area (Å²) in [6.07, 6.45) is 1.87. The van der Waals surface area contributed by atoms with E-state index in [0.29, 0.717) is 5.57 Å². The summed E-state index contributed by atoms with van der Waals surface area (Å²) in [5, 5.41) is 1.18. The van der Waals surface area contributed by atoms with Gasteiger partial charge in [0.1, 0.15) is 0 Å². The van der Waals surface area contributed by atoms with Gasteiger partial charge in [-0.15, -0.1) is 0 Å². The normalized spacial score (nSPS) is 13.3. The third kappa shape index (κ3) is 8.18. The number of carbonyl (C=O) groups excluding carboxylic acids is 1. The number of allylic oxidation sites excluding steroid dienone is 1. The van der Waals surface area contributed by atoms with Crippen LogP contribution in [0.25, 0.3) is 0 Å². The van der Waals surface area contributed by atoms with Crippen LogP contribution in [0.4, 0.5) is 0 Å². The van der Waals surface area contributed by atoms with Crippen molar-refractivity contribution in [1.82, 2.24) is 0 Å². The van der Waals surface area contributed by atoms with Gasteiger partial charge in [-0.2, -0.15) is 0 Å². The van der Waals surface area contributed by atoms with Crippen LogP contribution in [0.2, 0.25) is 0 Å². The van der Waals surface area contributed by atoms with Crippen LogP contribution in [0.3, 0.4) is 0 Å². The lowest BCUT2D eigenvalue weighted by molar-refractivity contribution is -0.296. The summed E-state index contributed by atoms with van der Waals surface area (Å²) in [5.74, 6) is -0.343. The summed E-state index contributed by atoms with van der Waals surface area (Å²) in [6, 6.07) is 0. The lowest BCUT2D eigenvalue weighted by atomic mass is 10.2. The van der Waals surface area contributed by atoms with Gasteiger partial charge in [0.15, 0.2) is 0 Å². The van der Waals surface area contributed by atoms with Crippen molar-refractivity contribution in [1.29, 1.82) is 0 Å². The van der Waals surface area contributed by atoms with Crippen LogP contribution in [-0.4, -0.2) is 34.9 Å². The number of hydrogen-bond donors (Lipinski definition) is 0. The first-order chi connectivity index (χ1) is 8.77. The first kappa shape index (κ1) is 18.3. The van der Waals surface area contributed by atoms with E-state index in [1.165, 1.54) is 5.20 Å². The molecule has 19 heavy (non-hydrogen) atoms. The van der Waals surface area contributed by atoms with E-state index in [4.69, 9.17) is 14.2 Å². The smallest absolute Gasteiger partial charge is 0.337 e. The highest BCUT2D eigenvalue weighted by Gasteiger charge is 2.20. The molecular formula is C14H28O4Si. The van der Waals surface area contributed by atoms with Gasteiger partial charge in [0.05, 0.1) is 12.2 Å². The Morgan fingerprint density at radius 2 is 1.58 bits per heavy atom. The minimum atomic E-state index is -0.932. The fourth-order valence-electron chi connectivity index (χ4n) is 1.44. The van der Waals surface area contributed by atoms with Crippen LogP contribution in [-0.2, 0) is 19.0 Å². The fourth-order valence-corrected chi connectivity index (χ4v) is 2.15. The Bertz CT molecular complexity index is 301. The topological polar surface area (TPSA) is 44.8 Å². The van der Waals surface area contributed by atoms with E-state index >= 15 is 0 Å². The molecular weight excluding hydrogens is 260 g/mol. The Hall–Kier alpha value is -0.653. The van der Waals surface area contributed by atoms with Crippen LogP contribution >= 0.6 is 0 Å². The molecule has 0 aliphatic rings. The van der Waals surface area contributed by atoms with Crippen molar-refractivity contribution in [3.8, 4) is 0 Å². The second kappa shape index (κ2) is 9.28. The second-order valence-electron chi connectivity index (χ2n) is 5.22. The summed E-state index contributed by atoms with van der Waals surface area (Å²) in [7, 11) is 0.874. The van der Waals surface area contributed by atoms with Gasteiger partial charge in [0.25, 0.3) is 0 Å². The van der Waals surface area contributed by atoms with E-state index in [-0.39, 0.29) is 18.2 Å². The second-order valence-corrected chi connectivity index (χ2v) is 6.43. The van der Waals surface area contributed by atoms with Gasteiger partial charge < -0.3 is 14.2 Å². The van der Waals surface area contributed by atoms with Crippen molar-refractivity contribution in [2.45, 2.75) is 73.1 Å². The molecule has 0 unspecified atom stereocenters. The summed E-state index contributed by atoms with van der Waals surface area (Å²) < 4.78 is 16.2. The zero-order chi connectivity index (χ0) is 15.0. The zero-order valence-corrected chi connectivity index (χ0v) is 15.3.